The number of allylic oxidation sites excluding steroid dienone is 2. The Bertz CT molecular complexity index is 779. The molecule has 0 aliphatic heterocycles. The van der Waals surface area contributed by atoms with Crippen molar-refractivity contribution in [3.05, 3.63) is 62.8 Å². The van der Waals surface area contributed by atoms with Gasteiger partial charge < -0.3 is 4.74 Å². The van der Waals surface area contributed by atoms with E-state index in [-0.39, 0.29) is 18.3 Å². The SMILES string of the molecule is CCOC(=O)C1C(=O)C=C(c2sccc2Br)CC1c1ccccc1. The van der Waals surface area contributed by atoms with Gasteiger partial charge in [0.1, 0.15) is 5.92 Å². The smallest absolute Gasteiger partial charge is 0.317 e. The van der Waals surface area contributed by atoms with Crippen molar-refractivity contribution in [3.63, 3.8) is 0 Å². The lowest BCUT2D eigenvalue weighted by atomic mass is 9.74. The van der Waals surface area contributed by atoms with E-state index in [1.54, 1.807) is 24.3 Å². The van der Waals surface area contributed by atoms with Crippen LogP contribution in [0.5, 0.6) is 0 Å². The van der Waals surface area contributed by atoms with E-state index in [1.807, 2.05) is 41.8 Å². The van der Waals surface area contributed by atoms with Crippen molar-refractivity contribution < 1.29 is 14.3 Å². The zero-order valence-electron chi connectivity index (χ0n) is 13.2. The van der Waals surface area contributed by atoms with E-state index in [1.165, 1.54) is 0 Å². The lowest BCUT2D eigenvalue weighted by Crippen LogP contribution is -2.33. The fourth-order valence-electron chi connectivity index (χ4n) is 3.08. The zero-order chi connectivity index (χ0) is 17.1. The van der Waals surface area contributed by atoms with Gasteiger partial charge in [0.15, 0.2) is 5.78 Å². The Kier molecular flexibility index (Phi) is 5.31. The molecule has 2 unspecified atom stereocenters. The highest BCUT2D eigenvalue weighted by Gasteiger charge is 2.40. The largest absolute Gasteiger partial charge is 0.465 e. The highest BCUT2D eigenvalue weighted by atomic mass is 79.9. The minimum Gasteiger partial charge on any atom is -0.465 e. The van der Waals surface area contributed by atoms with Gasteiger partial charge in [-0.3, -0.25) is 9.59 Å². The number of carbonyl (C=O) groups is 2. The second kappa shape index (κ2) is 7.45. The summed E-state index contributed by atoms with van der Waals surface area (Å²) >= 11 is 5.13. The molecular formula is C19H17BrO3S. The molecule has 1 heterocycles. The lowest BCUT2D eigenvalue weighted by Gasteiger charge is -2.29. The molecule has 0 saturated heterocycles. The van der Waals surface area contributed by atoms with Gasteiger partial charge in [0, 0.05) is 15.3 Å². The molecule has 0 amide bonds. The first-order valence-electron chi connectivity index (χ1n) is 7.81. The van der Waals surface area contributed by atoms with Crippen LogP contribution in [0.3, 0.4) is 0 Å². The van der Waals surface area contributed by atoms with Gasteiger partial charge in [-0.2, -0.15) is 0 Å². The van der Waals surface area contributed by atoms with Crippen molar-refractivity contribution in [3.8, 4) is 0 Å². The summed E-state index contributed by atoms with van der Waals surface area (Å²) in [6.45, 7) is 2.03. The van der Waals surface area contributed by atoms with Gasteiger partial charge >= 0.3 is 5.97 Å². The van der Waals surface area contributed by atoms with Crippen LogP contribution in [-0.2, 0) is 14.3 Å². The number of hydrogen-bond donors (Lipinski definition) is 0. The molecule has 2 atom stereocenters. The van der Waals surface area contributed by atoms with Crippen LogP contribution in [0, 0.1) is 5.92 Å². The summed E-state index contributed by atoms with van der Waals surface area (Å²) in [7, 11) is 0. The monoisotopic (exact) mass is 404 g/mol. The van der Waals surface area contributed by atoms with Crippen molar-refractivity contribution in [2.45, 2.75) is 19.3 Å². The second-order valence-corrected chi connectivity index (χ2v) is 7.39. The number of benzene rings is 1. The number of ketones is 1. The van der Waals surface area contributed by atoms with E-state index in [9.17, 15) is 9.59 Å². The van der Waals surface area contributed by atoms with E-state index < -0.39 is 11.9 Å². The molecule has 5 heteroatoms. The van der Waals surface area contributed by atoms with Gasteiger partial charge in [0.2, 0.25) is 0 Å². The quantitative estimate of drug-likeness (QED) is 0.541. The van der Waals surface area contributed by atoms with Gasteiger partial charge in [0.25, 0.3) is 0 Å². The summed E-state index contributed by atoms with van der Waals surface area (Å²) in [6.07, 6.45) is 2.25. The number of esters is 1. The number of thiophene rings is 1. The van der Waals surface area contributed by atoms with Crippen LogP contribution in [0.15, 0.2) is 52.3 Å². The molecule has 1 aromatic carbocycles. The standard InChI is InChI=1S/C19H17BrO3S/c1-2-23-19(22)17-14(12-6-4-3-5-7-12)10-13(11-16(17)21)18-15(20)8-9-24-18/h3-9,11,14,17H,2,10H2,1H3. The van der Waals surface area contributed by atoms with E-state index in [0.29, 0.717) is 6.42 Å². The molecule has 3 rings (SSSR count). The van der Waals surface area contributed by atoms with Crippen molar-refractivity contribution in [2.75, 3.05) is 6.61 Å². The predicted molar refractivity (Wildman–Crippen MR) is 98.9 cm³/mol. The molecule has 124 valence electrons. The maximum absolute atomic E-state index is 12.7. The minimum absolute atomic E-state index is 0.177. The maximum atomic E-state index is 12.7. The van der Waals surface area contributed by atoms with Crippen LogP contribution in [0.4, 0.5) is 0 Å². The zero-order valence-corrected chi connectivity index (χ0v) is 15.6. The van der Waals surface area contributed by atoms with E-state index in [4.69, 9.17) is 4.74 Å². The summed E-state index contributed by atoms with van der Waals surface area (Å²) in [6, 6.07) is 11.7. The van der Waals surface area contributed by atoms with Crippen LogP contribution in [0.1, 0.15) is 29.7 Å². The molecular weight excluding hydrogens is 388 g/mol. The fraction of sp³-hybridized carbons (Fsp3) is 0.263. The summed E-state index contributed by atoms with van der Waals surface area (Å²) in [5.41, 5.74) is 1.96. The van der Waals surface area contributed by atoms with Crippen LogP contribution in [0.2, 0.25) is 0 Å². The Morgan fingerprint density at radius 1 is 1.29 bits per heavy atom. The fourth-order valence-corrected chi connectivity index (χ4v) is 4.73. The van der Waals surface area contributed by atoms with E-state index in [2.05, 4.69) is 15.9 Å². The molecule has 3 nitrogen and oxygen atoms in total. The van der Waals surface area contributed by atoms with Gasteiger partial charge in [-0.05, 0) is 57.9 Å². The summed E-state index contributed by atoms with van der Waals surface area (Å²) in [5.74, 6) is -1.58. The van der Waals surface area contributed by atoms with Gasteiger partial charge in [0.05, 0.1) is 6.61 Å². The minimum atomic E-state index is -0.769. The first-order chi connectivity index (χ1) is 11.6. The Morgan fingerprint density at radius 2 is 2.04 bits per heavy atom. The van der Waals surface area contributed by atoms with Crippen LogP contribution in [0.25, 0.3) is 5.57 Å². The van der Waals surface area contributed by atoms with Gasteiger partial charge in [-0.15, -0.1) is 11.3 Å². The molecule has 0 N–H and O–H groups in total. The topological polar surface area (TPSA) is 43.4 Å². The summed E-state index contributed by atoms with van der Waals surface area (Å²) in [4.78, 5) is 26.1. The molecule has 2 aromatic rings. The molecule has 1 aromatic heterocycles. The molecule has 0 bridgehead atoms. The average Bonchev–Trinajstić information content (AvgIpc) is 3.01. The Labute approximate surface area is 153 Å². The normalized spacial score (nSPS) is 20.6. The first-order valence-corrected chi connectivity index (χ1v) is 9.48. The number of halogens is 1. The van der Waals surface area contributed by atoms with Crippen molar-refractivity contribution >= 4 is 44.6 Å². The third-order valence-electron chi connectivity index (χ3n) is 4.14. The van der Waals surface area contributed by atoms with Crippen molar-refractivity contribution in [1.29, 1.82) is 0 Å². The van der Waals surface area contributed by atoms with E-state index >= 15 is 0 Å². The molecule has 1 aliphatic rings. The van der Waals surface area contributed by atoms with Crippen LogP contribution in [-0.4, -0.2) is 18.4 Å². The number of ether oxygens (including phenoxy) is 1. The first kappa shape index (κ1) is 17.1. The van der Waals surface area contributed by atoms with Crippen LogP contribution < -0.4 is 0 Å². The summed E-state index contributed by atoms with van der Waals surface area (Å²) < 4.78 is 6.14. The predicted octanol–water partition coefficient (Wildman–Crippen LogP) is 4.83. The Balaban J connectivity index is 2.02. The Hall–Kier alpha value is -1.72. The molecule has 0 fully saturated rings. The van der Waals surface area contributed by atoms with Gasteiger partial charge in [-0.25, -0.2) is 0 Å². The van der Waals surface area contributed by atoms with Crippen LogP contribution >= 0.6 is 27.3 Å². The second-order valence-electron chi connectivity index (χ2n) is 5.62. The number of carbonyl (C=O) groups excluding carboxylic acids is 2. The summed E-state index contributed by atoms with van der Waals surface area (Å²) in [5, 5.41) is 1.99. The lowest BCUT2D eigenvalue weighted by molar-refractivity contribution is -0.151. The van der Waals surface area contributed by atoms with Crippen molar-refractivity contribution in [2.24, 2.45) is 5.92 Å². The van der Waals surface area contributed by atoms with E-state index in [0.717, 1.165) is 20.5 Å². The third-order valence-corrected chi connectivity index (χ3v) is 6.06. The molecule has 0 spiro atoms. The maximum Gasteiger partial charge on any atom is 0.317 e. The van der Waals surface area contributed by atoms with Gasteiger partial charge in [-0.1, -0.05) is 30.3 Å². The molecule has 1 aliphatic carbocycles. The average molecular weight is 405 g/mol. The molecule has 24 heavy (non-hydrogen) atoms. The Morgan fingerprint density at radius 3 is 2.67 bits per heavy atom. The highest BCUT2D eigenvalue weighted by Crippen LogP contribution is 2.43. The molecule has 0 saturated carbocycles. The molecule has 0 radical (unpaired) electrons. The third kappa shape index (κ3) is 3.37. The number of hydrogen-bond acceptors (Lipinski definition) is 4. The highest BCUT2D eigenvalue weighted by molar-refractivity contribution is 9.10. The van der Waals surface area contributed by atoms with Crippen molar-refractivity contribution in [1.82, 2.24) is 0 Å². The number of rotatable bonds is 4.